The first-order valence-electron chi connectivity index (χ1n) is 10.3. The zero-order chi connectivity index (χ0) is 19.6. The number of anilines is 2. The van der Waals surface area contributed by atoms with Gasteiger partial charge in [0.05, 0.1) is 29.8 Å². The third kappa shape index (κ3) is 4.33. The van der Waals surface area contributed by atoms with Gasteiger partial charge >= 0.3 is 0 Å². The fourth-order valence-corrected chi connectivity index (χ4v) is 5.83. The van der Waals surface area contributed by atoms with Crippen LogP contribution >= 0.6 is 23.4 Å². The molecule has 2 saturated heterocycles. The Morgan fingerprint density at radius 2 is 2.00 bits per heavy atom. The third-order valence-corrected chi connectivity index (χ3v) is 7.32. The highest BCUT2D eigenvalue weighted by Gasteiger charge is 2.25. The summed E-state index contributed by atoms with van der Waals surface area (Å²) in [4.78, 5) is 16.5. The minimum Gasteiger partial charge on any atom is -0.378 e. The Kier molecular flexibility index (Phi) is 5.81. The Morgan fingerprint density at radius 3 is 2.83 bits per heavy atom. The molecule has 29 heavy (non-hydrogen) atoms. The largest absolute Gasteiger partial charge is 0.378 e. The van der Waals surface area contributed by atoms with Crippen molar-refractivity contribution in [2.45, 2.75) is 18.1 Å². The van der Waals surface area contributed by atoms with Crippen LogP contribution < -0.4 is 9.80 Å². The average Bonchev–Trinajstić information content (AvgIpc) is 3.18. The Labute approximate surface area is 180 Å². The number of benzene rings is 1. The lowest BCUT2D eigenvalue weighted by atomic mass is 10.1. The zero-order valence-corrected chi connectivity index (χ0v) is 18.0. The summed E-state index contributed by atoms with van der Waals surface area (Å²) in [5.41, 5.74) is 2.23. The number of ether oxygens (including phenoxy) is 1. The van der Waals surface area contributed by atoms with Crippen molar-refractivity contribution in [2.75, 3.05) is 62.4 Å². The van der Waals surface area contributed by atoms with E-state index in [2.05, 4.69) is 48.9 Å². The van der Waals surface area contributed by atoms with Crippen LogP contribution in [-0.4, -0.2) is 72.7 Å². The van der Waals surface area contributed by atoms with Crippen LogP contribution in [-0.2, 0) is 4.74 Å². The number of hydrogen-bond donors (Lipinski definition) is 0. The van der Waals surface area contributed by atoms with Crippen LogP contribution in [0.25, 0.3) is 10.9 Å². The number of morpholine rings is 1. The van der Waals surface area contributed by atoms with Gasteiger partial charge in [-0.05, 0) is 31.0 Å². The van der Waals surface area contributed by atoms with E-state index in [0.717, 1.165) is 86.5 Å². The second-order valence-corrected chi connectivity index (χ2v) is 9.79. The van der Waals surface area contributed by atoms with E-state index in [-0.39, 0.29) is 0 Å². The molecule has 0 radical (unpaired) electrons. The molecule has 2 aromatic rings. The van der Waals surface area contributed by atoms with E-state index < -0.39 is 0 Å². The molecular formula is C21H26ClN5OS. The van der Waals surface area contributed by atoms with Gasteiger partial charge in [0.2, 0.25) is 0 Å². The van der Waals surface area contributed by atoms with Gasteiger partial charge in [0.15, 0.2) is 0 Å². The van der Waals surface area contributed by atoms with E-state index in [1.165, 1.54) is 5.69 Å². The fraction of sp³-hybridized carbons (Fsp3) is 0.524. The highest BCUT2D eigenvalue weighted by atomic mass is 35.5. The number of thioether (sulfide) groups is 1. The van der Waals surface area contributed by atoms with E-state index in [4.69, 9.17) is 16.3 Å². The van der Waals surface area contributed by atoms with Crippen molar-refractivity contribution in [2.24, 2.45) is 0 Å². The van der Waals surface area contributed by atoms with Gasteiger partial charge in [0, 0.05) is 49.0 Å². The normalized spacial score (nSPS) is 23.6. The number of rotatable bonds is 4. The van der Waals surface area contributed by atoms with E-state index >= 15 is 0 Å². The van der Waals surface area contributed by atoms with E-state index in [1.807, 2.05) is 0 Å². The average molecular weight is 432 g/mol. The highest BCUT2D eigenvalue weighted by molar-refractivity contribution is 8.05. The molecule has 1 atom stereocenters. The van der Waals surface area contributed by atoms with Crippen molar-refractivity contribution < 1.29 is 4.74 Å². The standard InChI is InChI=1S/C21H26ClN5OS/c22-20-5-3-17(29-20)13-25-6-1-7-27(15-25)21-18-4-2-16(12-19(18)23-14-24-21)26-8-10-28-11-9-26/h2,4-5,12,14,17H,1,3,6-11,13,15H2. The number of halogens is 1. The lowest BCUT2D eigenvalue weighted by Crippen LogP contribution is -2.47. The third-order valence-electron chi connectivity index (χ3n) is 5.83. The Balaban J connectivity index is 1.33. The van der Waals surface area contributed by atoms with Gasteiger partial charge in [-0.3, -0.25) is 4.90 Å². The SMILES string of the molecule is ClC1=CCC(CN2CCCN(c3ncnc4cc(N5CCOCC5)ccc34)C2)S1. The molecule has 8 heteroatoms. The van der Waals surface area contributed by atoms with Crippen LogP contribution in [0.2, 0.25) is 0 Å². The van der Waals surface area contributed by atoms with Crippen LogP contribution in [0.4, 0.5) is 11.5 Å². The Morgan fingerprint density at radius 1 is 1.10 bits per heavy atom. The summed E-state index contributed by atoms with van der Waals surface area (Å²) >= 11 is 7.95. The fourth-order valence-electron chi connectivity index (χ4n) is 4.37. The number of allylic oxidation sites excluding steroid dienone is 1. The molecule has 1 aromatic carbocycles. The molecule has 1 aromatic heterocycles. The molecule has 1 unspecified atom stereocenters. The summed E-state index contributed by atoms with van der Waals surface area (Å²) in [6, 6.07) is 6.58. The minimum absolute atomic E-state index is 0.570. The summed E-state index contributed by atoms with van der Waals surface area (Å²) in [5.74, 6) is 1.04. The van der Waals surface area contributed by atoms with Gasteiger partial charge in [-0.1, -0.05) is 17.7 Å². The number of hydrogen-bond acceptors (Lipinski definition) is 7. The molecule has 154 valence electrons. The van der Waals surface area contributed by atoms with Gasteiger partial charge in [0.1, 0.15) is 12.1 Å². The van der Waals surface area contributed by atoms with Gasteiger partial charge in [0.25, 0.3) is 0 Å². The molecule has 3 aliphatic rings. The lowest BCUT2D eigenvalue weighted by molar-refractivity contribution is 0.122. The summed E-state index contributed by atoms with van der Waals surface area (Å²) < 4.78 is 6.43. The van der Waals surface area contributed by atoms with Crippen LogP contribution in [0, 0.1) is 0 Å². The van der Waals surface area contributed by atoms with Crippen LogP contribution in [0.15, 0.2) is 35.0 Å². The maximum absolute atomic E-state index is 6.15. The smallest absolute Gasteiger partial charge is 0.140 e. The monoisotopic (exact) mass is 431 g/mol. The van der Waals surface area contributed by atoms with Gasteiger partial charge in [-0.25, -0.2) is 9.97 Å². The van der Waals surface area contributed by atoms with Crippen molar-refractivity contribution >= 4 is 45.8 Å². The van der Waals surface area contributed by atoms with Crippen LogP contribution in [0.1, 0.15) is 12.8 Å². The van der Waals surface area contributed by atoms with Gasteiger partial charge in [-0.2, -0.15) is 0 Å². The summed E-state index contributed by atoms with van der Waals surface area (Å²) in [5, 5.41) is 1.70. The molecule has 0 spiro atoms. The number of aromatic nitrogens is 2. The van der Waals surface area contributed by atoms with Crippen molar-refractivity contribution in [1.82, 2.24) is 14.9 Å². The molecular weight excluding hydrogens is 406 g/mol. The highest BCUT2D eigenvalue weighted by Crippen LogP contribution is 2.35. The molecule has 0 amide bonds. The predicted molar refractivity (Wildman–Crippen MR) is 121 cm³/mol. The molecule has 2 fully saturated rings. The summed E-state index contributed by atoms with van der Waals surface area (Å²) in [6.07, 6.45) is 6.06. The minimum atomic E-state index is 0.570. The first-order valence-corrected chi connectivity index (χ1v) is 11.6. The summed E-state index contributed by atoms with van der Waals surface area (Å²) in [7, 11) is 0. The van der Waals surface area contributed by atoms with Gasteiger partial charge < -0.3 is 14.5 Å². The van der Waals surface area contributed by atoms with Crippen molar-refractivity contribution in [3.8, 4) is 0 Å². The van der Waals surface area contributed by atoms with Crippen LogP contribution in [0.3, 0.4) is 0 Å². The van der Waals surface area contributed by atoms with Crippen LogP contribution in [0.5, 0.6) is 0 Å². The first kappa shape index (κ1) is 19.4. The van der Waals surface area contributed by atoms with E-state index in [1.54, 1.807) is 18.1 Å². The second-order valence-electron chi connectivity index (χ2n) is 7.82. The molecule has 0 N–H and O–H groups in total. The Bertz CT molecular complexity index is 904. The molecule has 5 rings (SSSR count). The van der Waals surface area contributed by atoms with Crippen molar-refractivity contribution in [1.29, 1.82) is 0 Å². The molecule has 0 saturated carbocycles. The van der Waals surface area contributed by atoms with Crippen molar-refractivity contribution in [3.05, 3.63) is 35.0 Å². The Hall–Kier alpha value is -1.54. The quantitative estimate of drug-likeness (QED) is 0.733. The lowest BCUT2D eigenvalue weighted by Gasteiger charge is -2.37. The first-order chi connectivity index (χ1) is 14.3. The molecule has 0 aliphatic carbocycles. The maximum Gasteiger partial charge on any atom is 0.140 e. The molecule has 6 nitrogen and oxygen atoms in total. The zero-order valence-electron chi connectivity index (χ0n) is 16.5. The molecule has 3 aliphatic heterocycles. The van der Waals surface area contributed by atoms with Gasteiger partial charge in [-0.15, -0.1) is 11.8 Å². The van der Waals surface area contributed by atoms with E-state index in [0.29, 0.717) is 5.25 Å². The maximum atomic E-state index is 6.15. The molecule has 4 heterocycles. The number of nitrogens with zero attached hydrogens (tertiary/aromatic N) is 5. The van der Waals surface area contributed by atoms with E-state index in [9.17, 15) is 0 Å². The topological polar surface area (TPSA) is 44.7 Å². The predicted octanol–water partition coefficient (Wildman–Crippen LogP) is 3.52. The van der Waals surface area contributed by atoms with Crippen molar-refractivity contribution in [3.63, 3.8) is 0 Å². The number of fused-ring (bicyclic) bond motifs is 1. The second kappa shape index (κ2) is 8.68. The summed E-state index contributed by atoms with van der Waals surface area (Å²) in [6.45, 7) is 7.59. The molecule has 0 bridgehead atoms.